The first-order valence-corrected chi connectivity index (χ1v) is 9.02. The SMILES string of the molecule is COc1ccc(C=CC23NC(=O)CN2c2ccccc2C3(C)C)c(OC)c1. The molecule has 2 heterocycles. The van der Waals surface area contributed by atoms with Crippen LogP contribution in [0.3, 0.4) is 0 Å². The second-order valence-corrected chi connectivity index (χ2v) is 7.48. The molecule has 2 aromatic carbocycles. The lowest BCUT2D eigenvalue weighted by atomic mass is 9.75. The lowest BCUT2D eigenvalue weighted by Gasteiger charge is -2.40. The second kappa shape index (κ2) is 6.05. The molecule has 1 atom stereocenters. The van der Waals surface area contributed by atoms with Crippen molar-refractivity contribution in [1.82, 2.24) is 5.32 Å². The van der Waals surface area contributed by atoms with Crippen LogP contribution in [0.15, 0.2) is 48.5 Å². The van der Waals surface area contributed by atoms with Gasteiger partial charge >= 0.3 is 0 Å². The molecular formula is C22H24N2O3. The van der Waals surface area contributed by atoms with Crippen molar-refractivity contribution in [2.45, 2.75) is 24.9 Å². The van der Waals surface area contributed by atoms with Gasteiger partial charge in [0, 0.05) is 22.7 Å². The molecule has 0 spiro atoms. The minimum atomic E-state index is -0.612. The zero-order chi connectivity index (χ0) is 19.2. The molecule has 2 aliphatic heterocycles. The van der Waals surface area contributed by atoms with E-state index in [1.165, 1.54) is 5.56 Å². The largest absolute Gasteiger partial charge is 0.497 e. The van der Waals surface area contributed by atoms with Crippen LogP contribution in [0.1, 0.15) is 25.0 Å². The van der Waals surface area contributed by atoms with Crippen molar-refractivity contribution in [3.8, 4) is 11.5 Å². The van der Waals surface area contributed by atoms with Crippen LogP contribution in [0.25, 0.3) is 6.08 Å². The molecule has 0 aliphatic carbocycles. The Hall–Kier alpha value is -2.95. The highest BCUT2D eigenvalue weighted by Crippen LogP contribution is 2.52. The van der Waals surface area contributed by atoms with E-state index in [-0.39, 0.29) is 11.3 Å². The Bertz CT molecular complexity index is 935. The van der Waals surface area contributed by atoms with Crippen LogP contribution in [-0.2, 0) is 10.2 Å². The molecule has 1 fully saturated rings. The van der Waals surface area contributed by atoms with Crippen molar-refractivity contribution < 1.29 is 14.3 Å². The van der Waals surface area contributed by atoms with Crippen molar-refractivity contribution in [2.75, 3.05) is 25.7 Å². The standard InChI is InChI=1S/C22H24N2O3/c1-21(2)17-7-5-6-8-18(17)24-14-20(25)23-22(21,24)12-11-15-9-10-16(26-3)13-19(15)27-4/h5-13H,14H2,1-4H3,(H,23,25). The molecule has 1 saturated heterocycles. The van der Waals surface area contributed by atoms with Gasteiger partial charge in [0.2, 0.25) is 5.91 Å². The number of benzene rings is 2. The number of anilines is 1. The predicted octanol–water partition coefficient (Wildman–Crippen LogP) is 3.34. The Morgan fingerprint density at radius 1 is 1.11 bits per heavy atom. The highest BCUT2D eigenvalue weighted by molar-refractivity contribution is 5.91. The number of rotatable bonds is 4. The molecule has 140 valence electrons. The maximum atomic E-state index is 12.3. The zero-order valence-electron chi connectivity index (χ0n) is 16.1. The molecule has 0 bridgehead atoms. The predicted molar refractivity (Wildman–Crippen MR) is 106 cm³/mol. The van der Waals surface area contributed by atoms with Crippen LogP contribution in [0.5, 0.6) is 11.5 Å². The summed E-state index contributed by atoms with van der Waals surface area (Å²) in [5, 5.41) is 3.23. The van der Waals surface area contributed by atoms with E-state index >= 15 is 0 Å². The van der Waals surface area contributed by atoms with Crippen molar-refractivity contribution in [3.05, 3.63) is 59.7 Å². The molecular weight excluding hydrogens is 340 g/mol. The van der Waals surface area contributed by atoms with Gasteiger partial charge in [-0.05, 0) is 29.8 Å². The average molecular weight is 364 g/mol. The molecule has 1 N–H and O–H groups in total. The molecule has 2 aromatic rings. The first kappa shape index (κ1) is 17.5. The van der Waals surface area contributed by atoms with Crippen LogP contribution in [0, 0.1) is 0 Å². The van der Waals surface area contributed by atoms with Gasteiger partial charge in [-0.25, -0.2) is 0 Å². The number of carbonyl (C=O) groups excluding carboxylic acids is 1. The molecule has 0 aromatic heterocycles. The van der Waals surface area contributed by atoms with Gasteiger partial charge in [-0.2, -0.15) is 0 Å². The number of carbonyl (C=O) groups is 1. The number of nitrogens with one attached hydrogen (secondary N) is 1. The fourth-order valence-corrected chi connectivity index (χ4v) is 4.31. The van der Waals surface area contributed by atoms with E-state index in [1.807, 2.05) is 30.3 Å². The van der Waals surface area contributed by atoms with E-state index in [9.17, 15) is 4.79 Å². The van der Waals surface area contributed by atoms with Gasteiger partial charge in [0.1, 0.15) is 17.2 Å². The summed E-state index contributed by atoms with van der Waals surface area (Å²) in [5.41, 5.74) is 2.37. The van der Waals surface area contributed by atoms with Crippen LogP contribution >= 0.6 is 0 Å². The van der Waals surface area contributed by atoms with Crippen LogP contribution in [0.2, 0.25) is 0 Å². The Morgan fingerprint density at radius 2 is 1.89 bits per heavy atom. The third kappa shape index (κ3) is 2.41. The molecule has 5 nitrogen and oxygen atoms in total. The molecule has 0 saturated carbocycles. The smallest absolute Gasteiger partial charge is 0.241 e. The first-order chi connectivity index (χ1) is 12.9. The van der Waals surface area contributed by atoms with E-state index in [4.69, 9.17) is 9.47 Å². The number of amides is 1. The summed E-state index contributed by atoms with van der Waals surface area (Å²) in [6.45, 7) is 4.70. The van der Waals surface area contributed by atoms with Crippen LogP contribution < -0.4 is 19.7 Å². The van der Waals surface area contributed by atoms with E-state index in [0.717, 1.165) is 22.7 Å². The minimum Gasteiger partial charge on any atom is -0.497 e. The van der Waals surface area contributed by atoms with Crippen molar-refractivity contribution >= 4 is 17.7 Å². The summed E-state index contributed by atoms with van der Waals surface area (Å²) in [6, 6.07) is 14.0. The Labute approximate surface area is 159 Å². The van der Waals surface area contributed by atoms with Gasteiger partial charge in [0.25, 0.3) is 0 Å². The maximum absolute atomic E-state index is 12.3. The lowest BCUT2D eigenvalue weighted by molar-refractivity contribution is -0.118. The highest BCUT2D eigenvalue weighted by atomic mass is 16.5. The number of para-hydroxylation sites is 1. The van der Waals surface area contributed by atoms with Gasteiger partial charge in [-0.1, -0.05) is 38.1 Å². The first-order valence-electron chi connectivity index (χ1n) is 9.02. The summed E-state index contributed by atoms with van der Waals surface area (Å²) in [6.07, 6.45) is 4.10. The van der Waals surface area contributed by atoms with Crippen molar-refractivity contribution in [1.29, 1.82) is 0 Å². The number of hydrogen-bond donors (Lipinski definition) is 1. The summed E-state index contributed by atoms with van der Waals surface area (Å²) in [7, 11) is 3.27. The number of ether oxygens (including phenoxy) is 2. The maximum Gasteiger partial charge on any atom is 0.241 e. The summed E-state index contributed by atoms with van der Waals surface area (Å²) in [4.78, 5) is 14.5. The summed E-state index contributed by atoms with van der Waals surface area (Å²) >= 11 is 0. The van der Waals surface area contributed by atoms with E-state index in [1.54, 1.807) is 14.2 Å². The topological polar surface area (TPSA) is 50.8 Å². The third-order valence-electron chi connectivity index (χ3n) is 5.82. The molecule has 5 heteroatoms. The molecule has 1 amide bonds. The normalized spacial score (nSPS) is 22.5. The number of fused-ring (bicyclic) bond motifs is 3. The van der Waals surface area contributed by atoms with Crippen LogP contribution in [-0.4, -0.2) is 32.3 Å². The van der Waals surface area contributed by atoms with Gasteiger partial charge < -0.3 is 19.7 Å². The Kier molecular flexibility index (Phi) is 3.91. The summed E-state index contributed by atoms with van der Waals surface area (Å²) < 4.78 is 10.8. The van der Waals surface area contributed by atoms with Crippen molar-refractivity contribution in [2.24, 2.45) is 0 Å². The van der Waals surface area contributed by atoms with Gasteiger partial charge in [0.15, 0.2) is 0 Å². The number of nitrogens with zero attached hydrogens (tertiary/aromatic N) is 1. The lowest BCUT2D eigenvalue weighted by Crippen LogP contribution is -2.58. The minimum absolute atomic E-state index is 0.0314. The third-order valence-corrected chi connectivity index (χ3v) is 5.82. The Morgan fingerprint density at radius 3 is 2.63 bits per heavy atom. The molecule has 4 rings (SSSR count). The molecule has 1 unspecified atom stereocenters. The van der Waals surface area contributed by atoms with Crippen LogP contribution in [0.4, 0.5) is 5.69 Å². The second-order valence-electron chi connectivity index (χ2n) is 7.48. The van der Waals surface area contributed by atoms with Gasteiger partial charge in [0.05, 0.1) is 20.8 Å². The zero-order valence-corrected chi connectivity index (χ0v) is 16.1. The van der Waals surface area contributed by atoms with E-state index in [2.05, 4.69) is 48.3 Å². The van der Waals surface area contributed by atoms with E-state index < -0.39 is 5.66 Å². The molecule has 2 aliphatic rings. The highest BCUT2D eigenvalue weighted by Gasteiger charge is 2.59. The van der Waals surface area contributed by atoms with E-state index in [0.29, 0.717) is 6.54 Å². The monoisotopic (exact) mass is 364 g/mol. The number of hydrogen-bond acceptors (Lipinski definition) is 4. The molecule has 27 heavy (non-hydrogen) atoms. The fraction of sp³-hybridized carbons (Fsp3) is 0.318. The quantitative estimate of drug-likeness (QED) is 0.904. The van der Waals surface area contributed by atoms with Gasteiger partial charge in [-0.3, -0.25) is 4.79 Å². The summed E-state index contributed by atoms with van der Waals surface area (Å²) in [5.74, 6) is 1.50. The molecule has 0 radical (unpaired) electrons. The van der Waals surface area contributed by atoms with Crippen molar-refractivity contribution in [3.63, 3.8) is 0 Å². The fourth-order valence-electron chi connectivity index (χ4n) is 4.31. The average Bonchev–Trinajstić information content (AvgIpc) is 3.11. The Balaban J connectivity index is 1.81. The van der Waals surface area contributed by atoms with Gasteiger partial charge in [-0.15, -0.1) is 0 Å². The number of methoxy groups -OCH3 is 2.